The molecule has 0 saturated carbocycles. The zero-order valence-electron chi connectivity index (χ0n) is 21.6. The van der Waals surface area contributed by atoms with Crippen LogP contribution in [-0.4, -0.2) is 56.6 Å². The maximum atomic E-state index is 5.98. The van der Waals surface area contributed by atoms with E-state index in [1.807, 2.05) is 30.3 Å². The van der Waals surface area contributed by atoms with Crippen LogP contribution in [0.1, 0.15) is 16.7 Å². The van der Waals surface area contributed by atoms with Gasteiger partial charge in [0.1, 0.15) is 0 Å². The SMILES string of the molecule is COc1cc2c(cc1OC)CN(CCc1ccc(-c3nnc(-c4cccc(OC)c4OC)o3)cc1)CC2. The van der Waals surface area contributed by atoms with Gasteiger partial charge in [-0.1, -0.05) is 18.2 Å². The summed E-state index contributed by atoms with van der Waals surface area (Å²) < 4.78 is 27.8. The van der Waals surface area contributed by atoms with Gasteiger partial charge in [-0.2, -0.15) is 0 Å². The van der Waals surface area contributed by atoms with E-state index in [-0.39, 0.29) is 0 Å². The van der Waals surface area contributed by atoms with Gasteiger partial charge in [0.2, 0.25) is 5.89 Å². The predicted octanol–water partition coefficient (Wildman–Crippen LogP) is 5.04. The number of aromatic nitrogens is 2. The number of benzene rings is 3. The minimum absolute atomic E-state index is 0.384. The fraction of sp³-hybridized carbons (Fsp3) is 0.310. The van der Waals surface area contributed by atoms with Crippen LogP contribution in [0.4, 0.5) is 0 Å². The van der Waals surface area contributed by atoms with Gasteiger partial charge in [-0.15, -0.1) is 10.2 Å². The summed E-state index contributed by atoms with van der Waals surface area (Å²) in [5.41, 5.74) is 5.47. The summed E-state index contributed by atoms with van der Waals surface area (Å²) in [6.07, 6.45) is 1.96. The highest BCUT2D eigenvalue weighted by atomic mass is 16.5. The van der Waals surface area contributed by atoms with Gasteiger partial charge >= 0.3 is 0 Å². The average molecular weight is 502 g/mol. The van der Waals surface area contributed by atoms with E-state index in [9.17, 15) is 0 Å². The third-order valence-electron chi connectivity index (χ3n) is 6.77. The van der Waals surface area contributed by atoms with E-state index in [1.54, 1.807) is 28.4 Å². The van der Waals surface area contributed by atoms with Crippen molar-refractivity contribution in [1.29, 1.82) is 0 Å². The molecular formula is C29H31N3O5. The Kier molecular flexibility index (Phi) is 7.28. The Morgan fingerprint density at radius 3 is 2.19 bits per heavy atom. The first-order valence-corrected chi connectivity index (χ1v) is 12.2. The van der Waals surface area contributed by atoms with Gasteiger partial charge in [-0.25, -0.2) is 0 Å². The Bertz CT molecular complexity index is 1370. The molecule has 0 unspecified atom stereocenters. The number of para-hydroxylation sites is 1. The molecule has 37 heavy (non-hydrogen) atoms. The molecule has 0 fully saturated rings. The first-order valence-electron chi connectivity index (χ1n) is 12.2. The van der Waals surface area contributed by atoms with Crippen LogP contribution >= 0.6 is 0 Å². The van der Waals surface area contributed by atoms with E-state index in [4.69, 9.17) is 23.4 Å². The minimum Gasteiger partial charge on any atom is -0.493 e. The van der Waals surface area contributed by atoms with Crippen LogP contribution in [0.2, 0.25) is 0 Å². The molecule has 2 heterocycles. The fourth-order valence-electron chi connectivity index (χ4n) is 4.74. The Morgan fingerprint density at radius 1 is 0.784 bits per heavy atom. The van der Waals surface area contributed by atoms with Crippen molar-refractivity contribution in [3.05, 3.63) is 71.3 Å². The van der Waals surface area contributed by atoms with Crippen LogP contribution in [-0.2, 0) is 19.4 Å². The van der Waals surface area contributed by atoms with Crippen molar-refractivity contribution in [3.63, 3.8) is 0 Å². The van der Waals surface area contributed by atoms with Crippen molar-refractivity contribution in [3.8, 4) is 45.9 Å². The smallest absolute Gasteiger partial charge is 0.252 e. The zero-order valence-corrected chi connectivity index (χ0v) is 21.6. The molecule has 8 nitrogen and oxygen atoms in total. The molecule has 1 aliphatic heterocycles. The van der Waals surface area contributed by atoms with Crippen molar-refractivity contribution >= 4 is 0 Å². The van der Waals surface area contributed by atoms with Gasteiger partial charge in [0, 0.05) is 25.2 Å². The standard InChI is InChI=1S/C29H31N3O5/c1-33-24-7-5-6-23(27(24)36-4)29-31-30-28(37-29)20-10-8-19(9-11-20)12-14-32-15-13-21-16-25(34-2)26(35-3)17-22(21)18-32/h5-11,16-17H,12-15,18H2,1-4H3. The maximum absolute atomic E-state index is 5.98. The van der Waals surface area contributed by atoms with Crippen molar-refractivity contribution in [1.82, 2.24) is 15.1 Å². The zero-order chi connectivity index (χ0) is 25.8. The molecular weight excluding hydrogens is 470 g/mol. The first kappa shape index (κ1) is 24.6. The second-order valence-electron chi connectivity index (χ2n) is 8.90. The van der Waals surface area contributed by atoms with E-state index < -0.39 is 0 Å². The topological polar surface area (TPSA) is 79.1 Å². The summed E-state index contributed by atoms with van der Waals surface area (Å²) in [5.74, 6) is 3.60. The Morgan fingerprint density at radius 2 is 1.49 bits per heavy atom. The predicted molar refractivity (Wildman–Crippen MR) is 141 cm³/mol. The number of ether oxygens (including phenoxy) is 4. The lowest BCUT2D eigenvalue weighted by Crippen LogP contribution is -2.32. The quantitative estimate of drug-likeness (QED) is 0.316. The Balaban J connectivity index is 1.23. The van der Waals surface area contributed by atoms with E-state index in [2.05, 4.69) is 39.4 Å². The Hall–Kier alpha value is -4.04. The molecule has 0 bridgehead atoms. The number of methoxy groups -OCH3 is 4. The molecule has 0 saturated heterocycles. The summed E-state index contributed by atoms with van der Waals surface area (Å²) >= 11 is 0. The van der Waals surface area contributed by atoms with Crippen LogP contribution < -0.4 is 18.9 Å². The van der Waals surface area contributed by atoms with Crippen LogP contribution in [0.25, 0.3) is 22.9 Å². The van der Waals surface area contributed by atoms with Gasteiger partial charge in [0.05, 0.1) is 34.0 Å². The van der Waals surface area contributed by atoms with Crippen molar-refractivity contribution in [2.24, 2.45) is 0 Å². The summed E-state index contributed by atoms with van der Waals surface area (Å²) in [7, 11) is 6.55. The second-order valence-corrected chi connectivity index (χ2v) is 8.90. The van der Waals surface area contributed by atoms with Crippen molar-refractivity contribution in [2.45, 2.75) is 19.4 Å². The number of rotatable bonds is 9. The molecule has 3 aromatic carbocycles. The molecule has 4 aromatic rings. The minimum atomic E-state index is 0.384. The van der Waals surface area contributed by atoms with E-state index in [0.717, 1.165) is 49.5 Å². The molecule has 0 radical (unpaired) electrons. The van der Waals surface area contributed by atoms with E-state index >= 15 is 0 Å². The highest BCUT2D eigenvalue weighted by molar-refractivity contribution is 5.68. The summed E-state index contributed by atoms with van der Waals surface area (Å²) in [6, 6.07) is 18.1. The highest BCUT2D eigenvalue weighted by Crippen LogP contribution is 2.38. The molecule has 0 spiro atoms. The number of hydrogen-bond donors (Lipinski definition) is 0. The molecule has 0 N–H and O–H groups in total. The molecule has 1 aliphatic rings. The lowest BCUT2D eigenvalue weighted by Gasteiger charge is -2.29. The molecule has 1 aromatic heterocycles. The van der Waals surface area contributed by atoms with E-state index in [1.165, 1.54) is 16.7 Å². The number of fused-ring (bicyclic) bond motifs is 1. The number of nitrogens with zero attached hydrogens (tertiary/aromatic N) is 3. The van der Waals surface area contributed by atoms with Crippen LogP contribution in [0, 0.1) is 0 Å². The summed E-state index contributed by atoms with van der Waals surface area (Å²) in [5, 5.41) is 8.48. The average Bonchev–Trinajstić information content (AvgIpc) is 3.45. The third-order valence-corrected chi connectivity index (χ3v) is 6.77. The van der Waals surface area contributed by atoms with Crippen molar-refractivity contribution < 1.29 is 23.4 Å². The Labute approximate surface area is 216 Å². The summed E-state index contributed by atoms with van der Waals surface area (Å²) in [6.45, 7) is 2.92. The molecule has 0 atom stereocenters. The van der Waals surface area contributed by atoms with Crippen LogP contribution in [0.3, 0.4) is 0 Å². The van der Waals surface area contributed by atoms with E-state index in [0.29, 0.717) is 28.8 Å². The lowest BCUT2D eigenvalue weighted by atomic mass is 9.98. The van der Waals surface area contributed by atoms with Crippen LogP contribution in [0.5, 0.6) is 23.0 Å². The van der Waals surface area contributed by atoms with Gasteiger partial charge in [-0.05, 0) is 65.9 Å². The van der Waals surface area contributed by atoms with Gasteiger partial charge in [-0.3, -0.25) is 4.90 Å². The van der Waals surface area contributed by atoms with Gasteiger partial charge in [0.25, 0.3) is 5.89 Å². The highest BCUT2D eigenvalue weighted by Gasteiger charge is 2.20. The molecule has 8 heteroatoms. The largest absolute Gasteiger partial charge is 0.493 e. The normalized spacial score (nSPS) is 13.2. The molecule has 0 amide bonds. The molecule has 5 rings (SSSR count). The van der Waals surface area contributed by atoms with Gasteiger partial charge < -0.3 is 23.4 Å². The maximum Gasteiger partial charge on any atom is 0.252 e. The molecule has 0 aliphatic carbocycles. The fourth-order valence-corrected chi connectivity index (χ4v) is 4.74. The first-order chi connectivity index (χ1) is 18.1. The molecule has 192 valence electrons. The monoisotopic (exact) mass is 501 g/mol. The van der Waals surface area contributed by atoms with Crippen LogP contribution in [0.15, 0.2) is 59.0 Å². The lowest BCUT2D eigenvalue weighted by molar-refractivity contribution is 0.255. The number of hydrogen-bond acceptors (Lipinski definition) is 8. The van der Waals surface area contributed by atoms with Gasteiger partial charge in [0.15, 0.2) is 23.0 Å². The summed E-state index contributed by atoms with van der Waals surface area (Å²) in [4.78, 5) is 2.48. The second kappa shape index (κ2) is 10.9. The van der Waals surface area contributed by atoms with Crippen molar-refractivity contribution in [2.75, 3.05) is 41.5 Å². The third kappa shape index (κ3) is 5.11.